The van der Waals surface area contributed by atoms with Crippen LogP contribution in [0.25, 0.3) is 0 Å². The van der Waals surface area contributed by atoms with E-state index in [9.17, 15) is 0 Å². The summed E-state index contributed by atoms with van der Waals surface area (Å²) in [6.45, 7) is 9.91. The fourth-order valence-corrected chi connectivity index (χ4v) is 3.48. The van der Waals surface area contributed by atoms with E-state index < -0.39 is 0 Å². The molecule has 0 amide bonds. The van der Waals surface area contributed by atoms with Gasteiger partial charge in [-0.15, -0.1) is 0 Å². The van der Waals surface area contributed by atoms with Crippen molar-refractivity contribution in [1.29, 1.82) is 0 Å². The molecule has 1 saturated carbocycles. The van der Waals surface area contributed by atoms with Gasteiger partial charge < -0.3 is 10.1 Å². The third-order valence-electron chi connectivity index (χ3n) is 4.56. The number of hydrogen-bond donors (Lipinski definition) is 1. The number of morpholine rings is 1. The second kappa shape index (κ2) is 5.25. The summed E-state index contributed by atoms with van der Waals surface area (Å²) in [7, 11) is 2.09. The second-order valence-corrected chi connectivity index (χ2v) is 6.52. The molecule has 2 aliphatic rings. The lowest BCUT2D eigenvalue weighted by Gasteiger charge is -2.46. The number of nitrogens with one attached hydrogen (secondary N) is 1. The van der Waals surface area contributed by atoms with E-state index in [1.165, 1.54) is 38.8 Å². The maximum atomic E-state index is 5.62. The second-order valence-electron chi connectivity index (χ2n) is 6.52. The summed E-state index contributed by atoms with van der Waals surface area (Å²) in [5.74, 6) is 0. The van der Waals surface area contributed by atoms with Crippen molar-refractivity contribution < 1.29 is 4.74 Å². The van der Waals surface area contributed by atoms with Gasteiger partial charge in [0, 0.05) is 25.2 Å². The lowest BCUT2D eigenvalue weighted by atomic mass is 9.83. The molecule has 0 bridgehead atoms. The van der Waals surface area contributed by atoms with Crippen molar-refractivity contribution in [2.75, 3.05) is 39.9 Å². The minimum absolute atomic E-state index is 0.210. The Hall–Kier alpha value is -0.120. The Morgan fingerprint density at radius 1 is 1.24 bits per heavy atom. The number of ether oxygens (including phenoxy) is 1. The molecule has 3 nitrogen and oxygen atoms in total. The summed E-state index contributed by atoms with van der Waals surface area (Å²) >= 11 is 0. The van der Waals surface area contributed by atoms with Crippen LogP contribution in [0.5, 0.6) is 0 Å². The van der Waals surface area contributed by atoms with E-state index in [4.69, 9.17) is 4.74 Å². The average molecular weight is 240 g/mol. The Kier molecular flexibility index (Phi) is 4.11. The monoisotopic (exact) mass is 240 g/mol. The zero-order valence-corrected chi connectivity index (χ0v) is 11.7. The van der Waals surface area contributed by atoms with Gasteiger partial charge in [-0.2, -0.15) is 0 Å². The number of rotatable bonds is 4. The van der Waals surface area contributed by atoms with E-state index >= 15 is 0 Å². The van der Waals surface area contributed by atoms with E-state index in [2.05, 4.69) is 31.1 Å². The van der Waals surface area contributed by atoms with Crippen molar-refractivity contribution in [3.8, 4) is 0 Å². The van der Waals surface area contributed by atoms with Crippen molar-refractivity contribution in [2.45, 2.75) is 45.1 Å². The first-order valence-electron chi connectivity index (χ1n) is 7.05. The van der Waals surface area contributed by atoms with Gasteiger partial charge in [-0.05, 0) is 39.2 Å². The molecule has 1 saturated heterocycles. The van der Waals surface area contributed by atoms with Gasteiger partial charge >= 0.3 is 0 Å². The van der Waals surface area contributed by atoms with Gasteiger partial charge in [0.1, 0.15) is 0 Å². The summed E-state index contributed by atoms with van der Waals surface area (Å²) in [5, 5.41) is 3.41. The molecule has 0 radical (unpaired) electrons. The molecule has 1 aliphatic carbocycles. The molecular formula is C14H28N2O. The maximum absolute atomic E-state index is 5.62. The zero-order chi connectivity index (χ0) is 12.4. The smallest absolute Gasteiger partial charge is 0.0645 e. The molecule has 0 aromatic heterocycles. The van der Waals surface area contributed by atoms with E-state index in [0.29, 0.717) is 5.41 Å². The van der Waals surface area contributed by atoms with Crippen LogP contribution in [-0.4, -0.2) is 50.3 Å². The molecule has 1 aliphatic heterocycles. The fourth-order valence-electron chi connectivity index (χ4n) is 3.48. The third-order valence-corrected chi connectivity index (χ3v) is 4.56. The predicted octanol–water partition coefficient (Wildman–Crippen LogP) is 1.88. The van der Waals surface area contributed by atoms with Crippen LogP contribution in [0.1, 0.15) is 39.5 Å². The lowest BCUT2D eigenvalue weighted by molar-refractivity contribution is -0.0674. The normalized spacial score (nSPS) is 28.4. The average Bonchev–Trinajstić information content (AvgIpc) is 2.71. The first-order chi connectivity index (χ1) is 8.08. The molecule has 0 aromatic rings. The largest absolute Gasteiger partial charge is 0.378 e. The SMILES string of the molecule is CNCC1(CN2CCOCC2(C)C)CCCC1. The molecule has 2 rings (SSSR count). The van der Waals surface area contributed by atoms with Crippen LogP contribution in [0.4, 0.5) is 0 Å². The molecular weight excluding hydrogens is 212 g/mol. The van der Waals surface area contributed by atoms with Gasteiger partial charge in [0.25, 0.3) is 0 Å². The zero-order valence-electron chi connectivity index (χ0n) is 11.7. The van der Waals surface area contributed by atoms with Gasteiger partial charge in [-0.3, -0.25) is 4.90 Å². The molecule has 0 spiro atoms. The van der Waals surface area contributed by atoms with E-state index in [1.54, 1.807) is 0 Å². The van der Waals surface area contributed by atoms with Crippen LogP contribution in [-0.2, 0) is 4.74 Å². The van der Waals surface area contributed by atoms with Crippen molar-refractivity contribution in [1.82, 2.24) is 10.2 Å². The van der Waals surface area contributed by atoms with Crippen LogP contribution >= 0.6 is 0 Å². The van der Waals surface area contributed by atoms with Crippen molar-refractivity contribution in [3.05, 3.63) is 0 Å². The molecule has 1 N–H and O–H groups in total. The van der Waals surface area contributed by atoms with Gasteiger partial charge in [0.05, 0.1) is 13.2 Å². The summed E-state index contributed by atoms with van der Waals surface area (Å²) in [6, 6.07) is 0. The number of hydrogen-bond acceptors (Lipinski definition) is 3. The quantitative estimate of drug-likeness (QED) is 0.812. The van der Waals surface area contributed by atoms with Crippen LogP contribution in [0.2, 0.25) is 0 Å². The van der Waals surface area contributed by atoms with E-state index in [0.717, 1.165) is 19.8 Å². The Morgan fingerprint density at radius 2 is 1.94 bits per heavy atom. The molecule has 0 atom stereocenters. The fraction of sp³-hybridized carbons (Fsp3) is 1.00. The highest BCUT2D eigenvalue weighted by molar-refractivity contribution is 4.94. The predicted molar refractivity (Wildman–Crippen MR) is 71.3 cm³/mol. The maximum Gasteiger partial charge on any atom is 0.0645 e. The topological polar surface area (TPSA) is 24.5 Å². The van der Waals surface area contributed by atoms with Crippen molar-refractivity contribution in [2.24, 2.45) is 5.41 Å². The molecule has 100 valence electrons. The molecule has 17 heavy (non-hydrogen) atoms. The Balaban J connectivity index is 2.01. The molecule has 2 fully saturated rings. The van der Waals surface area contributed by atoms with E-state index in [1.807, 2.05) is 0 Å². The Morgan fingerprint density at radius 3 is 2.53 bits per heavy atom. The molecule has 3 heteroatoms. The molecule has 0 unspecified atom stereocenters. The van der Waals surface area contributed by atoms with Crippen molar-refractivity contribution >= 4 is 0 Å². The van der Waals surface area contributed by atoms with Gasteiger partial charge in [-0.1, -0.05) is 12.8 Å². The highest BCUT2D eigenvalue weighted by Gasteiger charge is 2.39. The number of nitrogens with zero attached hydrogens (tertiary/aromatic N) is 1. The standard InChI is InChI=1S/C14H28N2O/c1-13(2)12-17-9-8-16(13)11-14(10-15-3)6-4-5-7-14/h15H,4-12H2,1-3H3. The van der Waals surface area contributed by atoms with Crippen molar-refractivity contribution in [3.63, 3.8) is 0 Å². The summed E-state index contributed by atoms with van der Waals surface area (Å²) in [6.07, 6.45) is 5.60. The lowest BCUT2D eigenvalue weighted by Crippen LogP contribution is -2.57. The first-order valence-corrected chi connectivity index (χ1v) is 7.05. The first kappa shape index (κ1) is 13.3. The van der Waals surface area contributed by atoms with E-state index in [-0.39, 0.29) is 5.54 Å². The summed E-state index contributed by atoms with van der Waals surface area (Å²) in [4.78, 5) is 2.65. The minimum Gasteiger partial charge on any atom is -0.378 e. The van der Waals surface area contributed by atoms with Gasteiger partial charge in [-0.25, -0.2) is 0 Å². The summed E-state index contributed by atoms with van der Waals surface area (Å²) in [5.41, 5.74) is 0.727. The van der Waals surface area contributed by atoms with Gasteiger partial charge in [0.15, 0.2) is 0 Å². The highest BCUT2D eigenvalue weighted by Crippen LogP contribution is 2.39. The van der Waals surface area contributed by atoms with Crippen LogP contribution in [0, 0.1) is 5.41 Å². The van der Waals surface area contributed by atoms with Gasteiger partial charge in [0.2, 0.25) is 0 Å². The highest BCUT2D eigenvalue weighted by atomic mass is 16.5. The van der Waals surface area contributed by atoms with Crippen LogP contribution in [0.3, 0.4) is 0 Å². The molecule has 0 aromatic carbocycles. The molecule has 1 heterocycles. The van der Waals surface area contributed by atoms with Crippen LogP contribution in [0.15, 0.2) is 0 Å². The van der Waals surface area contributed by atoms with Crippen LogP contribution < -0.4 is 5.32 Å². The minimum atomic E-state index is 0.210. The third kappa shape index (κ3) is 3.01. The Labute approximate surface area is 106 Å². The summed E-state index contributed by atoms with van der Waals surface area (Å²) < 4.78 is 5.62. The Bertz CT molecular complexity index is 247.